The van der Waals surface area contributed by atoms with E-state index < -0.39 is 5.91 Å². The zero-order valence-electron chi connectivity index (χ0n) is 14.6. The average molecular weight is 379 g/mol. The number of aromatic nitrogens is 4. The molecule has 0 bridgehead atoms. The Morgan fingerprint density at radius 3 is 2.59 bits per heavy atom. The molecule has 0 atom stereocenters. The number of benzene rings is 2. The van der Waals surface area contributed by atoms with Crippen molar-refractivity contribution >= 4 is 34.3 Å². The number of hydrogen-bond acceptors (Lipinski definition) is 5. The van der Waals surface area contributed by atoms with Gasteiger partial charge in [-0.3, -0.25) is 18.6 Å². The number of primary amides is 1. The minimum absolute atomic E-state index is 0.0895. The first-order valence-corrected chi connectivity index (χ1v) is 9.36. The van der Waals surface area contributed by atoms with Gasteiger partial charge in [-0.25, -0.2) is 0 Å². The van der Waals surface area contributed by atoms with Crippen LogP contribution in [0.5, 0.6) is 0 Å². The van der Waals surface area contributed by atoms with Gasteiger partial charge in [0.25, 0.3) is 5.56 Å². The van der Waals surface area contributed by atoms with Crippen LogP contribution in [0.25, 0.3) is 16.7 Å². The maximum absolute atomic E-state index is 13.1. The largest absolute Gasteiger partial charge is 0.369 e. The van der Waals surface area contributed by atoms with Crippen molar-refractivity contribution in [3.63, 3.8) is 0 Å². The first kappa shape index (κ1) is 17.3. The Morgan fingerprint density at radius 2 is 1.85 bits per heavy atom. The van der Waals surface area contributed by atoms with Crippen LogP contribution < -0.4 is 11.3 Å². The minimum Gasteiger partial charge on any atom is -0.369 e. The molecule has 0 radical (unpaired) electrons. The van der Waals surface area contributed by atoms with Gasteiger partial charge >= 0.3 is 0 Å². The molecule has 4 rings (SSSR count). The Hall–Kier alpha value is -3.13. The molecule has 0 fully saturated rings. The van der Waals surface area contributed by atoms with Gasteiger partial charge in [-0.15, -0.1) is 10.2 Å². The molecule has 136 valence electrons. The Labute approximate surface area is 158 Å². The zero-order valence-corrected chi connectivity index (χ0v) is 15.4. The summed E-state index contributed by atoms with van der Waals surface area (Å²) in [5.74, 6) is 0.0898. The number of hydrogen-bond donors (Lipinski definition) is 1. The van der Waals surface area contributed by atoms with Crippen LogP contribution >= 0.6 is 11.8 Å². The summed E-state index contributed by atoms with van der Waals surface area (Å²) in [6.45, 7) is 2.40. The number of para-hydroxylation sites is 1. The topological polar surface area (TPSA) is 95.3 Å². The molecule has 2 aromatic carbocycles. The van der Waals surface area contributed by atoms with E-state index in [0.717, 1.165) is 11.1 Å². The molecule has 0 saturated heterocycles. The fraction of sp³-hybridized carbons (Fsp3) is 0.158. The van der Waals surface area contributed by atoms with E-state index in [1.54, 1.807) is 15.0 Å². The molecule has 0 saturated carbocycles. The highest BCUT2D eigenvalue weighted by molar-refractivity contribution is 7.99. The van der Waals surface area contributed by atoms with Gasteiger partial charge in [-0.05, 0) is 24.6 Å². The number of carbonyl (C=O) groups excluding carboxylic acids is 1. The van der Waals surface area contributed by atoms with Gasteiger partial charge in [0, 0.05) is 0 Å². The Morgan fingerprint density at radius 1 is 1.11 bits per heavy atom. The van der Waals surface area contributed by atoms with Crippen LogP contribution in [0.1, 0.15) is 11.1 Å². The molecule has 2 aromatic heterocycles. The van der Waals surface area contributed by atoms with Crippen molar-refractivity contribution in [2.45, 2.75) is 18.6 Å². The summed E-state index contributed by atoms with van der Waals surface area (Å²) >= 11 is 1.20. The first-order valence-electron chi connectivity index (χ1n) is 8.38. The van der Waals surface area contributed by atoms with E-state index in [9.17, 15) is 9.59 Å². The van der Waals surface area contributed by atoms with E-state index in [4.69, 9.17) is 5.73 Å². The molecule has 0 unspecified atom stereocenters. The highest BCUT2D eigenvalue weighted by atomic mass is 32.2. The van der Waals surface area contributed by atoms with Crippen molar-refractivity contribution in [2.24, 2.45) is 5.73 Å². The van der Waals surface area contributed by atoms with Gasteiger partial charge in [0.2, 0.25) is 11.7 Å². The van der Waals surface area contributed by atoms with E-state index >= 15 is 0 Å². The van der Waals surface area contributed by atoms with E-state index in [1.807, 2.05) is 49.4 Å². The summed E-state index contributed by atoms with van der Waals surface area (Å²) in [5, 5.41) is 9.50. The molecule has 27 heavy (non-hydrogen) atoms. The number of aryl methyl sites for hydroxylation is 1. The Balaban J connectivity index is 1.94. The summed E-state index contributed by atoms with van der Waals surface area (Å²) in [4.78, 5) is 24.3. The zero-order chi connectivity index (χ0) is 19.0. The summed E-state index contributed by atoms with van der Waals surface area (Å²) < 4.78 is 3.41. The van der Waals surface area contributed by atoms with E-state index in [1.165, 1.54) is 11.8 Å². The van der Waals surface area contributed by atoms with Crippen LogP contribution in [0.2, 0.25) is 0 Å². The fourth-order valence-corrected chi connectivity index (χ4v) is 3.66. The van der Waals surface area contributed by atoms with Crippen LogP contribution in [0.4, 0.5) is 0 Å². The molecular weight excluding hydrogens is 362 g/mol. The maximum atomic E-state index is 13.1. The second-order valence-corrected chi connectivity index (χ2v) is 7.21. The van der Waals surface area contributed by atoms with E-state index in [2.05, 4.69) is 10.2 Å². The minimum atomic E-state index is -0.436. The molecule has 0 aliphatic rings. The van der Waals surface area contributed by atoms with Crippen molar-refractivity contribution in [1.82, 2.24) is 19.2 Å². The lowest BCUT2D eigenvalue weighted by molar-refractivity contribution is -0.115. The second kappa shape index (κ2) is 6.88. The number of thioether (sulfide) groups is 1. The molecule has 1 amide bonds. The maximum Gasteiger partial charge on any atom is 0.263 e. The fourth-order valence-electron chi connectivity index (χ4n) is 2.98. The molecule has 0 aliphatic heterocycles. The lowest BCUT2D eigenvalue weighted by atomic mass is 10.1. The van der Waals surface area contributed by atoms with Crippen molar-refractivity contribution < 1.29 is 4.79 Å². The van der Waals surface area contributed by atoms with Gasteiger partial charge < -0.3 is 5.73 Å². The lowest BCUT2D eigenvalue weighted by Gasteiger charge is -2.11. The smallest absolute Gasteiger partial charge is 0.263 e. The third-order valence-corrected chi connectivity index (χ3v) is 5.23. The third-order valence-electron chi connectivity index (χ3n) is 4.28. The quantitative estimate of drug-likeness (QED) is 0.535. The van der Waals surface area contributed by atoms with Gasteiger partial charge in [0.1, 0.15) is 0 Å². The average Bonchev–Trinajstić information content (AvgIpc) is 3.09. The van der Waals surface area contributed by atoms with E-state index in [-0.39, 0.29) is 11.3 Å². The predicted molar refractivity (Wildman–Crippen MR) is 105 cm³/mol. The summed E-state index contributed by atoms with van der Waals surface area (Å²) in [7, 11) is 0. The number of nitrogens with two attached hydrogens (primary N) is 1. The third kappa shape index (κ3) is 3.19. The molecule has 4 aromatic rings. The molecular formula is C19H17N5O2S. The Kier molecular flexibility index (Phi) is 4.41. The van der Waals surface area contributed by atoms with Crippen LogP contribution in [0.15, 0.2) is 58.5 Å². The first-order chi connectivity index (χ1) is 13.0. The standard InChI is InChI=1S/C19H17N5O2S/c1-12-6-8-13(9-7-12)10-23-17(26)14-4-2-3-5-15(14)24-18(23)21-22-19(24)27-11-16(20)25/h2-9H,10-11H2,1H3,(H2,20,25). The van der Waals surface area contributed by atoms with Crippen molar-refractivity contribution in [2.75, 3.05) is 5.75 Å². The number of fused-ring (bicyclic) bond motifs is 3. The molecule has 7 nitrogen and oxygen atoms in total. The summed E-state index contributed by atoms with van der Waals surface area (Å²) in [5.41, 5.74) is 7.99. The Bertz CT molecular complexity index is 1210. The van der Waals surface area contributed by atoms with Gasteiger partial charge in [0.05, 0.1) is 23.2 Å². The molecule has 2 N–H and O–H groups in total. The summed E-state index contributed by atoms with van der Waals surface area (Å²) in [6.07, 6.45) is 0. The molecule has 8 heteroatoms. The van der Waals surface area contributed by atoms with Crippen molar-refractivity contribution in [3.05, 3.63) is 70.0 Å². The van der Waals surface area contributed by atoms with Crippen molar-refractivity contribution in [1.29, 1.82) is 0 Å². The van der Waals surface area contributed by atoms with Crippen molar-refractivity contribution in [3.8, 4) is 0 Å². The van der Waals surface area contributed by atoms with Gasteiger partial charge in [-0.2, -0.15) is 0 Å². The van der Waals surface area contributed by atoms with Crippen LogP contribution in [0.3, 0.4) is 0 Å². The molecule has 0 spiro atoms. The monoisotopic (exact) mass is 379 g/mol. The van der Waals surface area contributed by atoms with Crippen LogP contribution in [0, 0.1) is 6.92 Å². The summed E-state index contributed by atoms with van der Waals surface area (Å²) in [6, 6.07) is 15.3. The number of nitrogens with zero attached hydrogens (tertiary/aromatic N) is 4. The molecule has 2 heterocycles. The van der Waals surface area contributed by atoms with Crippen LogP contribution in [-0.4, -0.2) is 30.8 Å². The molecule has 0 aliphatic carbocycles. The lowest BCUT2D eigenvalue weighted by Crippen LogP contribution is -2.24. The van der Waals surface area contributed by atoms with Gasteiger partial charge in [0.15, 0.2) is 5.16 Å². The SMILES string of the molecule is Cc1ccc(Cn2c(=O)c3ccccc3n3c(SCC(N)=O)nnc23)cc1. The second-order valence-electron chi connectivity index (χ2n) is 6.27. The van der Waals surface area contributed by atoms with Gasteiger partial charge in [-0.1, -0.05) is 53.7 Å². The highest BCUT2D eigenvalue weighted by Crippen LogP contribution is 2.21. The van der Waals surface area contributed by atoms with E-state index in [0.29, 0.717) is 28.4 Å². The van der Waals surface area contributed by atoms with Crippen LogP contribution in [-0.2, 0) is 11.3 Å². The predicted octanol–water partition coefficient (Wildman–Crippen LogP) is 1.98. The number of carbonyl (C=O) groups is 1. The number of rotatable bonds is 5. The normalized spacial score (nSPS) is 11.3. The number of amides is 1. The highest BCUT2D eigenvalue weighted by Gasteiger charge is 2.17.